The molecule has 0 saturated carbocycles. The van der Waals surface area contributed by atoms with Crippen molar-refractivity contribution in [3.05, 3.63) is 57.2 Å². The maximum Gasteiger partial charge on any atom is 0.189 e. The van der Waals surface area contributed by atoms with Crippen LogP contribution in [0.25, 0.3) is 0 Å². The first-order valence-electron chi connectivity index (χ1n) is 6.11. The third-order valence-electron chi connectivity index (χ3n) is 3.22. The van der Waals surface area contributed by atoms with Crippen molar-refractivity contribution in [2.45, 2.75) is 18.5 Å². The normalized spacial score (nSPS) is 22.7. The van der Waals surface area contributed by atoms with E-state index < -0.39 is 0 Å². The maximum atomic E-state index is 5.92. The Balaban J connectivity index is 1.86. The van der Waals surface area contributed by atoms with Gasteiger partial charge in [0.05, 0.1) is 12.1 Å². The molecule has 0 spiro atoms. The van der Waals surface area contributed by atoms with Crippen LogP contribution in [0.5, 0.6) is 0 Å². The van der Waals surface area contributed by atoms with Gasteiger partial charge in [-0.15, -0.1) is 11.3 Å². The molecule has 98 valence electrons. The summed E-state index contributed by atoms with van der Waals surface area (Å²) in [6.07, 6.45) is 0.906. The Morgan fingerprint density at radius 1 is 1.26 bits per heavy atom. The van der Waals surface area contributed by atoms with Crippen molar-refractivity contribution in [3.63, 3.8) is 0 Å². The molecule has 3 rings (SSSR count). The summed E-state index contributed by atoms with van der Waals surface area (Å²) in [5.41, 5.74) is 7.05. The molecule has 2 unspecified atom stereocenters. The Morgan fingerprint density at radius 3 is 2.74 bits per heavy atom. The van der Waals surface area contributed by atoms with Gasteiger partial charge in [-0.2, -0.15) is 0 Å². The van der Waals surface area contributed by atoms with E-state index >= 15 is 0 Å². The van der Waals surface area contributed by atoms with E-state index in [0.29, 0.717) is 5.96 Å². The second-order valence-corrected chi connectivity index (χ2v) is 5.95. The molecule has 3 nitrogen and oxygen atoms in total. The number of benzene rings is 1. The summed E-state index contributed by atoms with van der Waals surface area (Å²) in [7, 11) is 0. The lowest BCUT2D eigenvalue weighted by Gasteiger charge is -2.27. The van der Waals surface area contributed by atoms with Gasteiger partial charge in [0, 0.05) is 9.90 Å². The van der Waals surface area contributed by atoms with Crippen molar-refractivity contribution in [1.29, 1.82) is 0 Å². The van der Waals surface area contributed by atoms with E-state index in [-0.39, 0.29) is 12.1 Å². The summed E-state index contributed by atoms with van der Waals surface area (Å²) in [5, 5.41) is 6.06. The summed E-state index contributed by atoms with van der Waals surface area (Å²) in [6, 6.07) is 12.3. The lowest BCUT2D eigenvalue weighted by atomic mass is 9.97. The van der Waals surface area contributed by atoms with Crippen LogP contribution >= 0.6 is 22.9 Å². The molecule has 1 aromatic heterocycles. The molecule has 2 atom stereocenters. The van der Waals surface area contributed by atoms with Gasteiger partial charge in [0.2, 0.25) is 0 Å². The van der Waals surface area contributed by atoms with Gasteiger partial charge in [0.25, 0.3) is 0 Å². The van der Waals surface area contributed by atoms with Crippen molar-refractivity contribution in [2.75, 3.05) is 0 Å². The quantitative estimate of drug-likeness (QED) is 0.890. The molecule has 0 radical (unpaired) electrons. The number of hydrogen-bond donors (Lipinski definition) is 2. The number of rotatable bonds is 2. The van der Waals surface area contributed by atoms with Gasteiger partial charge >= 0.3 is 0 Å². The highest BCUT2D eigenvalue weighted by Gasteiger charge is 2.24. The average Bonchev–Trinajstić information content (AvgIpc) is 2.93. The van der Waals surface area contributed by atoms with E-state index in [1.807, 2.05) is 24.3 Å². The maximum absolute atomic E-state index is 5.92. The van der Waals surface area contributed by atoms with Gasteiger partial charge in [-0.05, 0) is 35.6 Å². The molecule has 2 aromatic rings. The topological polar surface area (TPSA) is 50.4 Å². The van der Waals surface area contributed by atoms with Crippen LogP contribution in [0.4, 0.5) is 0 Å². The van der Waals surface area contributed by atoms with Crippen molar-refractivity contribution < 1.29 is 0 Å². The molecule has 0 aliphatic carbocycles. The van der Waals surface area contributed by atoms with E-state index in [1.165, 1.54) is 4.88 Å². The first-order chi connectivity index (χ1) is 9.22. The van der Waals surface area contributed by atoms with E-state index in [4.69, 9.17) is 17.3 Å². The molecule has 0 saturated heterocycles. The smallest absolute Gasteiger partial charge is 0.189 e. The number of halogens is 1. The molecule has 19 heavy (non-hydrogen) atoms. The van der Waals surface area contributed by atoms with Crippen molar-refractivity contribution in [1.82, 2.24) is 5.32 Å². The Labute approximate surface area is 121 Å². The van der Waals surface area contributed by atoms with E-state index in [2.05, 4.69) is 27.8 Å². The second kappa shape index (κ2) is 5.23. The largest absolute Gasteiger partial charge is 0.370 e. The van der Waals surface area contributed by atoms with Crippen LogP contribution in [-0.2, 0) is 0 Å². The van der Waals surface area contributed by atoms with E-state index in [0.717, 1.165) is 17.0 Å². The van der Waals surface area contributed by atoms with Crippen molar-refractivity contribution in [2.24, 2.45) is 10.7 Å². The van der Waals surface area contributed by atoms with Gasteiger partial charge in [-0.25, -0.2) is 4.99 Å². The minimum Gasteiger partial charge on any atom is -0.370 e. The van der Waals surface area contributed by atoms with Crippen molar-refractivity contribution in [3.8, 4) is 0 Å². The lowest BCUT2D eigenvalue weighted by Crippen LogP contribution is -2.39. The number of hydrogen-bond acceptors (Lipinski definition) is 4. The predicted octanol–water partition coefficient (Wildman–Crippen LogP) is 3.49. The zero-order chi connectivity index (χ0) is 13.2. The Hall–Kier alpha value is -1.52. The fraction of sp³-hybridized carbons (Fsp3) is 0.214. The van der Waals surface area contributed by atoms with Crippen LogP contribution in [0.15, 0.2) is 46.8 Å². The number of aliphatic imine (C=N–C) groups is 1. The van der Waals surface area contributed by atoms with Gasteiger partial charge in [-0.1, -0.05) is 29.8 Å². The SMILES string of the molecule is NC1=NC(c2ccc(Cl)cc2)CC(c2cccs2)N1. The minimum absolute atomic E-state index is 0.0885. The molecule has 0 fully saturated rings. The summed E-state index contributed by atoms with van der Waals surface area (Å²) >= 11 is 7.65. The molecular formula is C14H14ClN3S. The molecule has 1 aliphatic heterocycles. The van der Waals surface area contributed by atoms with Crippen LogP contribution < -0.4 is 11.1 Å². The zero-order valence-corrected chi connectivity index (χ0v) is 11.8. The minimum atomic E-state index is 0.0885. The van der Waals surface area contributed by atoms with Crippen LogP contribution in [0.3, 0.4) is 0 Å². The molecule has 5 heteroatoms. The molecule has 1 aromatic carbocycles. The molecular weight excluding hydrogens is 278 g/mol. The highest BCUT2D eigenvalue weighted by molar-refractivity contribution is 7.10. The second-order valence-electron chi connectivity index (χ2n) is 4.53. The van der Waals surface area contributed by atoms with E-state index in [9.17, 15) is 0 Å². The third kappa shape index (κ3) is 2.74. The van der Waals surface area contributed by atoms with Crippen LogP contribution in [0.2, 0.25) is 5.02 Å². The highest BCUT2D eigenvalue weighted by Crippen LogP contribution is 2.34. The van der Waals surface area contributed by atoms with Crippen LogP contribution in [-0.4, -0.2) is 5.96 Å². The predicted molar refractivity (Wildman–Crippen MR) is 80.6 cm³/mol. The first-order valence-corrected chi connectivity index (χ1v) is 7.37. The number of guanidine groups is 1. The highest BCUT2D eigenvalue weighted by atomic mass is 35.5. The summed E-state index contributed by atoms with van der Waals surface area (Å²) < 4.78 is 0. The average molecular weight is 292 g/mol. The number of nitrogens with two attached hydrogens (primary N) is 1. The number of nitrogens with one attached hydrogen (secondary N) is 1. The molecule has 3 N–H and O–H groups in total. The Morgan fingerprint density at radius 2 is 2.05 bits per heavy atom. The molecule has 0 bridgehead atoms. The van der Waals surface area contributed by atoms with Crippen molar-refractivity contribution >= 4 is 28.9 Å². The van der Waals surface area contributed by atoms with Gasteiger partial charge in [0.1, 0.15) is 0 Å². The van der Waals surface area contributed by atoms with E-state index in [1.54, 1.807) is 11.3 Å². The summed E-state index contributed by atoms with van der Waals surface area (Å²) in [4.78, 5) is 5.78. The van der Waals surface area contributed by atoms with Crippen LogP contribution in [0.1, 0.15) is 28.9 Å². The Bertz CT molecular complexity index is 577. The molecule has 2 heterocycles. The lowest BCUT2D eigenvalue weighted by molar-refractivity contribution is 0.493. The van der Waals surface area contributed by atoms with Gasteiger partial charge in [-0.3, -0.25) is 0 Å². The Kier molecular flexibility index (Phi) is 3.44. The molecule has 0 amide bonds. The number of nitrogens with zero attached hydrogens (tertiary/aromatic N) is 1. The fourth-order valence-corrected chi connectivity index (χ4v) is 3.21. The zero-order valence-electron chi connectivity index (χ0n) is 10.2. The first kappa shape index (κ1) is 12.5. The fourth-order valence-electron chi connectivity index (χ4n) is 2.29. The third-order valence-corrected chi connectivity index (χ3v) is 4.46. The standard InChI is InChI=1S/C14H14ClN3S/c15-10-5-3-9(4-6-10)11-8-12(18-14(16)17-11)13-2-1-7-19-13/h1-7,11-12H,8H2,(H3,16,17,18). The number of thiophene rings is 1. The summed E-state index contributed by atoms with van der Waals surface area (Å²) in [6.45, 7) is 0. The van der Waals surface area contributed by atoms with Gasteiger partial charge in [0.15, 0.2) is 5.96 Å². The monoisotopic (exact) mass is 291 g/mol. The summed E-state index contributed by atoms with van der Waals surface area (Å²) in [5.74, 6) is 0.504. The molecule has 1 aliphatic rings. The van der Waals surface area contributed by atoms with Gasteiger partial charge < -0.3 is 11.1 Å². The van der Waals surface area contributed by atoms with Crippen LogP contribution in [0, 0.1) is 0 Å².